The lowest BCUT2D eigenvalue weighted by Gasteiger charge is -2.33. The maximum Gasteiger partial charge on any atom is 0.468 e. The van der Waals surface area contributed by atoms with Crippen LogP contribution >= 0.6 is 0 Å². The van der Waals surface area contributed by atoms with Gasteiger partial charge in [0.15, 0.2) is 0 Å². The van der Waals surface area contributed by atoms with E-state index >= 15 is 0 Å². The Hall–Kier alpha value is -1.06. The lowest BCUT2D eigenvalue weighted by molar-refractivity contribution is 0.00578. The van der Waals surface area contributed by atoms with Gasteiger partial charge in [-0.05, 0) is 59.9 Å². The van der Waals surface area contributed by atoms with E-state index in [1.165, 1.54) is 11.1 Å². The van der Waals surface area contributed by atoms with E-state index in [1.807, 2.05) is 0 Å². The first-order valence-corrected chi connectivity index (χ1v) is 8.65. The van der Waals surface area contributed by atoms with Gasteiger partial charge in [-0.25, -0.2) is 0 Å². The summed E-state index contributed by atoms with van der Waals surface area (Å²) < 4.78 is 12.8. The minimum Gasteiger partial charge on any atom is -0.403 e. The van der Waals surface area contributed by atoms with Gasteiger partial charge in [0.1, 0.15) is 0 Å². The van der Waals surface area contributed by atoms with Gasteiger partial charge in [0.25, 0.3) is 0 Å². The maximum absolute atomic E-state index is 6.38. The molecule has 1 atom stereocenters. The second kappa shape index (κ2) is 6.45. The molecule has 2 rings (SSSR count). The summed E-state index contributed by atoms with van der Waals surface area (Å²) in [5.74, 6) is 0. The first kappa shape index (κ1) is 18.3. The molecule has 0 saturated carbocycles. The Morgan fingerprint density at radius 2 is 1.61 bits per heavy atom. The molecule has 0 N–H and O–H groups in total. The van der Waals surface area contributed by atoms with Crippen LogP contribution in [0.25, 0.3) is 0 Å². The molecule has 1 saturated heterocycles. The van der Waals surface area contributed by atoms with E-state index in [2.05, 4.69) is 84.9 Å². The molecule has 3 heteroatoms. The molecule has 0 bridgehead atoms. The van der Waals surface area contributed by atoms with Crippen LogP contribution in [0.5, 0.6) is 0 Å². The van der Waals surface area contributed by atoms with E-state index in [0.29, 0.717) is 0 Å². The number of allylic oxidation sites excluding steroid dienone is 2. The molecule has 0 aromatic heterocycles. The normalized spacial score (nSPS) is 22.9. The molecule has 1 aliphatic heterocycles. The maximum atomic E-state index is 6.38. The van der Waals surface area contributed by atoms with Gasteiger partial charge in [-0.15, -0.1) is 0 Å². The molecule has 1 aromatic carbocycles. The number of aryl methyl sites for hydroxylation is 1. The average molecular weight is 314 g/mol. The van der Waals surface area contributed by atoms with E-state index in [-0.39, 0.29) is 23.6 Å². The molecule has 1 fully saturated rings. The van der Waals surface area contributed by atoms with Gasteiger partial charge >= 0.3 is 7.12 Å². The van der Waals surface area contributed by atoms with Gasteiger partial charge in [0, 0.05) is 5.31 Å². The van der Waals surface area contributed by atoms with Crippen LogP contribution in [0.4, 0.5) is 0 Å². The Bertz CT molecular complexity index is 546. The molecule has 126 valence electrons. The number of benzene rings is 1. The van der Waals surface area contributed by atoms with Crippen molar-refractivity contribution in [3.05, 3.63) is 47.5 Å². The van der Waals surface area contributed by atoms with Crippen LogP contribution in [0.3, 0.4) is 0 Å². The fourth-order valence-electron chi connectivity index (χ4n) is 2.98. The molecule has 2 nitrogen and oxygen atoms in total. The molecule has 1 heterocycles. The Morgan fingerprint density at radius 3 is 2.09 bits per heavy atom. The molecule has 0 spiro atoms. The van der Waals surface area contributed by atoms with Crippen molar-refractivity contribution in [3.63, 3.8) is 0 Å². The third kappa shape index (κ3) is 3.56. The Kier molecular flexibility index (Phi) is 5.13. The van der Waals surface area contributed by atoms with Crippen LogP contribution < -0.4 is 0 Å². The van der Waals surface area contributed by atoms with Gasteiger partial charge < -0.3 is 9.31 Å². The molecule has 1 aliphatic rings. The van der Waals surface area contributed by atoms with Crippen molar-refractivity contribution in [2.75, 3.05) is 0 Å². The summed E-state index contributed by atoms with van der Waals surface area (Å²) >= 11 is 0. The van der Waals surface area contributed by atoms with Crippen LogP contribution in [-0.4, -0.2) is 18.3 Å². The van der Waals surface area contributed by atoms with Crippen molar-refractivity contribution in [3.8, 4) is 0 Å². The van der Waals surface area contributed by atoms with Gasteiger partial charge in [-0.1, -0.05) is 48.9 Å². The smallest absolute Gasteiger partial charge is 0.403 e. The van der Waals surface area contributed by atoms with Crippen LogP contribution in [0.1, 0.15) is 60.5 Å². The van der Waals surface area contributed by atoms with Crippen molar-refractivity contribution in [2.45, 2.75) is 77.8 Å². The largest absolute Gasteiger partial charge is 0.468 e. The van der Waals surface area contributed by atoms with Crippen LogP contribution in [0.2, 0.25) is 5.31 Å². The summed E-state index contributed by atoms with van der Waals surface area (Å²) in [5, 5.41) is -0.129. The third-order valence-electron chi connectivity index (χ3n) is 5.88. The lowest BCUT2D eigenvalue weighted by atomic mass is 9.52. The van der Waals surface area contributed by atoms with E-state index in [1.54, 1.807) is 0 Å². The summed E-state index contributed by atoms with van der Waals surface area (Å²) in [4.78, 5) is 0. The van der Waals surface area contributed by atoms with E-state index < -0.39 is 0 Å². The molecule has 0 unspecified atom stereocenters. The summed E-state index contributed by atoms with van der Waals surface area (Å²) in [5.41, 5.74) is 2.10. The summed E-state index contributed by atoms with van der Waals surface area (Å²) in [6.07, 6.45) is 4.21. The van der Waals surface area contributed by atoms with Gasteiger partial charge in [-0.2, -0.15) is 0 Å². The fourth-order valence-corrected chi connectivity index (χ4v) is 2.98. The SMILES string of the molecule is C/C=C(\C)[C@@](C)(CCc1ccccc1)B1OC(C)(C)C(C)(C)O1. The first-order valence-electron chi connectivity index (χ1n) is 8.65. The standard InChI is InChI=1S/C20H31BO2/c1-8-16(2)20(7,15-14-17-12-10-9-11-13-17)21-22-18(3,4)19(5,6)23-21/h8-13H,14-15H2,1-7H3/b16-8+/t20-/m1/s1. The highest BCUT2D eigenvalue weighted by molar-refractivity contribution is 6.50. The zero-order chi connectivity index (χ0) is 17.3. The fraction of sp³-hybridized carbons (Fsp3) is 0.600. The van der Waals surface area contributed by atoms with Gasteiger partial charge in [-0.3, -0.25) is 0 Å². The topological polar surface area (TPSA) is 18.5 Å². The van der Waals surface area contributed by atoms with Crippen molar-refractivity contribution in [2.24, 2.45) is 0 Å². The third-order valence-corrected chi connectivity index (χ3v) is 5.88. The van der Waals surface area contributed by atoms with E-state index in [0.717, 1.165) is 12.8 Å². The zero-order valence-corrected chi connectivity index (χ0v) is 15.8. The van der Waals surface area contributed by atoms with E-state index in [4.69, 9.17) is 9.31 Å². The average Bonchev–Trinajstić information content (AvgIpc) is 2.73. The summed E-state index contributed by atoms with van der Waals surface area (Å²) in [6.45, 7) is 15.0. The van der Waals surface area contributed by atoms with Crippen molar-refractivity contribution in [1.82, 2.24) is 0 Å². The number of hydrogen-bond acceptors (Lipinski definition) is 2. The number of hydrogen-bond donors (Lipinski definition) is 0. The molecule has 0 aliphatic carbocycles. The predicted octanol–water partition coefficient (Wildman–Crippen LogP) is 5.44. The second-order valence-electron chi connectivity index (χ2n) is 7.96. The first-order chi connectivity index (χ1) is 10.6. The van der Waals surface area contributed by atoms with Crippen molar-refractivity contribution >= 4 is 7.12 Å². The van der Waals surface area contributed by atoms with Crippen molar-refractivity contribution in [1.29, 1.82) is 0 Å². The minimum absolute atomic E-state index is 0.129. The van der Waals surface area contributed by atoms with Crippen LogP contribution in [0, 0.1) is 0 Å². The molecule has 23 heavy (non-hydrogen) atoms. The monoisotopic (exact) mass is 314 g/mol. The summed E-state index contributed by atoms with van der Waals surface area (Å²) in [7, 11) is -0.215. The molecule has 1 aromatic rings. The highest BCUT2D eigenvalue weighted by Gasteiger charge is 2.58. The van der Waals surface area contributed by atoms with Crippen LogP contribution in [0.15, 0.2) is 42.0 Å². The molecular weight excluding hydrogens is 283 g/mol. The highest BCUT2D eigenvalue weighted by atomic mass is 16.7. The molecular formula is C20H31BO2. The Labute approximate surface area is 142 Å². The van der Waals surface area contributed by atoms with Crippen molar-refractivity contribution < 1.29 is 9.31 Å². The van der Waals surface area contributed by atoms with Gasteiger partial charge in [0.2, 0.25) is 0 Å². The highest BCUT2D eigenvalue weighted by Crippen LogP contribution is 2.50. The number of rotatable bonds is 5. The molecule has 0 amide bonds. The molecule has 0 radical (unpaired) electrons. The Balaban J connectivity index is 2.23. The van der Waals surface area contributed by atoms with Crippen LogP contribution in [-0.2, 0) is 15.7 Å². The zero-order valence-electron chi connectivity index (χ0n) is 15.8. The second-order valence-corrected chi connectivity index (χ2v) is 7.96. The quantitative estimate of drug-likeness (QED) is 0.532. The van der Waals surface area contributed by atoms with E-state index in [9.17, 15) is 0 Å². The lowest BCUT2D eigenvalue weighted by Crippen LogP contribution is -2.41. The summed E-state index contributed by atoms with van der Waals surface area (Å²) in [6, 6.07) is 10.6. The van der Waals surface area contributed by atoms with Gasteiger partial charge in [0.05, 0.1) is 11.2 Å². The Morgan fingerprint density at radius 1 is 1.09 bits per heavy atom. The minimum atomic E-state index is -0.292. The predicted molar refractivity (Wildman–Crippen MR) is 98.6 cm³/mol.